The summed E-state index contributed by atoms with van der Waals surface area (Å²) < 4.78 is 0. The van der Waals surface area contributed by atoms with Gasteiger partial charge in [0.25, 0.3) is 5.91 Å². The lowest BCUT2D eigenvalue weighted by Crippen LogP contribution is -2.49. The highest BCUT2D eigenvalue weighted by Crippen LogP contribution is 2.26. The molecule has 2 heterocycles. The molecule has 0 bridgehead atoms. The number of carbonyl (C=O) groups is 2. The number of hydrogen-bond acceptors (Lipinski definition) is 2. The van der Waals surface area contributed by atoms with Crippen molar-refractivity contribution in [3.63, 3.8) is 0 Å². The standard InChI is InChI=1S/C16H18N2O3/c1-10-13(16(20)21)3-2-8-18(10)15(19)12-4-5-14-11(9-12)6-7-17-14/h4-7,9-10,13,17H,2-3,8H2,1H3,(H,20,21)/t10-,13-/m1/s1. The van der Waals surface area contributed by atoms with Gasteiger partial charge in [-0.25, -0.2) is 0 Å². The summed E-state index contributed by atoms with van der Waals surface area (Å²) in [6.45, 7) is 2.44. The van der Waals surface area contributed by atoms with E-state index in [0.29, 0.717) is 18.5 Å². The first-order chi connectivity index (χ1) is 10.1. The Kier molecular flexibility index (Phi) is 3.41. The van der Waals surface area contributed by atoms with E-state index in [2.05, 4.69) is 4.98 Å². The number of fused-ring (bicyclic) bond motifs is 1. The van der Waals surface area contributed by atoms with Crippen molar-refractivity contribution < 1.29 is 14.7 Å². The van der Waals surface area contributed by atoms with Gasteiger partial charge in [-0.3, -0.25) is 9.59 Å². The molecule has 5 nitrogen and oxygen atoms in total. The second kappa shape index (κ2) is 5.24. The number of H-pyrrole nitrogens is 1. The van der Waals surface area contributed by atoms with Crippen LogP contribution in [0.15, 0.2) is 30.5 Å². The molecule has 1 saturated heterocycles. The quantitative estimate of drug-likeness (QED) is 0.890. The van der Waals surface area contributed by atoms with Gasteiger partial charge in [-0.1, -0.05) is 0 Å². The van der Waals surface area contributed by atoms with E-state index in [9.17, 15) is 14.7 Å². The zero-order valence-electron chi connectivity index (χ0n) is 11.9. The largest absolute Gasteiger partial charge is 0.481 e. The van der Waals surface area contributed by atoms with Crippen molar-refractivity contribution in [2.75, 3.05) is 6.54 Å². The molecule has 1 aromatic carbocycles. The number of aromatic nitrogens is 1. The summed E-state index contributed by atoms with van der Waals surface area (Å²) in [5, 5.41) is 10.2. The van der Waals surface area contributed by atoms with Crippen molar-refractivity contribution in [3.05, 3.63) is 36.0 Å². The number of carboxylic acids is 1. The van der Waals surface area contributed by atoms with Crippen molar-refractivity contribution in [1.82, 2.24) is 9.88 Å². The summed E-state index contributed by atoms with van der Waals surface area (Å²) >= 11 is 0. The second-order valence-electron chi connectivity index (χ2n) is 5.61. The Bertz CT molecular complexity index is 692. The number of aromatic amines is 1. The number of aliphatic carboxylic acids is 1. The molecular weight excluding hydrogens is 268 g/mol. The molecule has 1 aliphatic rings. The zero-order valence-corrected chi connectivity index (χ0v) is 11.9. The predicted molar refractivity (Wildman–Crippen MR) is 79.2 cm³/mol. The highest BCUT2D eigenvalue weighted by atomic mass is 16.4. The summed E-state index contributed by atoms with van der Waals surface area (Å²) in [7, 11) is 0. The molecule has 1 aliphatic heterocycles. The van der Waals surface area contributed by atoms with E-state index < -0.39 is 11.9 Å². The van der Waals surface area contributed by atoms with Gasteiger partial charge in [0.05, 0.1) is 5.92 Å². The molecule has 1 fully saturated rings. The Labute approximate surface area is 122 Å². The first-order valence-electron chi connectivity index (χ1n) is 7.19. The van der Waals surface area contributed by atoms with Gasteiger partial charge in [0, 0.05) is 35.2 Å². The third-order valence-electron chi connectivity index (χ3n) is 4.37. The lowest BCUT2D eigenvalue weighted by atomic mass is 9.90. The van der Waals surface area contributed by atoms with Crippen LogP contribution in [0.4, 0.5) is 0 Å². The lowest BCUT2D eigenvalue weighted by molar-refractivity contribution is -0.144. The number of benzene rings is 1. The number of nitrogens with zero attached hydrogens (tertiary/aromatic N) is 1. The number of rotatable bonds is 2. The fourth-order valence-corrected chi connectivity index (χ4v) is 3.11. The minimum absolute atomic E-state index is 0.0865. The van der Waals surface area contributed by atoms with Crippen LogP contribution < -0.4 is 0 Å². The van der Waals surface area contributed by atoms with E-state index in [1.807, 2.05) is 31.3 Å². The van der Waals surface area contributed by atoms with Crippen LogP contribution in [0.5, 0.6) is 0 Å². The molecule has 5 heteroatoms. The van der Waals surface area contributed by atoms with Gasteiger partial charge < -0.3 is 15.0 Å². The van der Waals surface area contributed by atoms with Crippen molar-refractivity contribution in [2.24, 2.45) is 5.92 Å². The van der Waals surface area contributed by atoms with E-state index in [1.165, 1.54) is 0 Å². The summed E-state index contributed by atoms with van der Waals surface area (Å²) in [6, 6.07) is 7.17. The minimum Gasteiger partial charge on any atom is -0.481 e. The Morgan fingerprint density at radius 1 is 1.33 bits per heavy atom. The number of carbonyl (C=O) groups excluding carboxylic acids is 1. The molecule has 21 heavy (non-hydrogen) atoms. The fraction of sp³-hybridized carbons (Fsp3) is 0.375. The monoisotopic (exact) mass is 286 g/mol. The van der Waals surface area contributed by atoms with Crippen LogP contribution in [0.25, 0.3) is 10.9 Å². The molecule has 2 atom stereocenters. The van der Waals surface area contributed by atoms with Crippen molar-refractivity contribution in [2.45, 2.75) is 25.8 Å². The van der Waals surface area contributed by atoms with Crippen LogP contribution in [0.1, 0.15) is 30.1 Å². The summed E-state index contributed by atoms with van der Waals surface area (Å²) in [5.74, 6) is -1.38. The molecule has 2 N–H and O–H groups in total. The Morgan fingerprint density at radius 2 is 2.14 bits per heavy atom. The van der Waals surface area contributed by atoms with Crippen molar-refractivity contribution in [3.8, 4) is 0 Å². The maximum atomic E-state index is 12.7. The number of carboxylic acid groups (broad SMARTS) is 1. The van der Waals surface area contributed by atoms with Crippen molar-refractivity contribution in [1.29, 1.82) is 0 Å². The zero-order chi connectivity index (χ0) is 15.0. The van der Waals surface area contributed by atoms with Crippen LogP contribution in [0, 0.1) is 5.92 Å². The molecule has 1 aromatic heterocycles. The first kappa shape index (κ1) is 13.7. The van der Waals surface area contributed by atoms with Gasteiger partial charge >= 0.3 is 5.97 Å². The Hall–Kier alpha value is -2.30. The second-order valence-corrected chi connectivity index (χ2v) is 5.61. The summed E-state index contributed by atoms with van der Waals surface area (Å²) in [6.07, 6.45) is 3.21. The molecule has 0 radical (unpaired) electrons. The van der Waals surface area contributed by atoms with Gasteiger partial charge in [-0.2, -0.15) is 0 Å². The molecule has 3 rings (SSSR count). The molecule has 0 aliphatic carbocycles. The minimum atomic E-state index is -0.818. The number of likely N-dealkylation sites (tertiary alicyclic amines) is 1. The fourth-order valence-electron chi connectivity index (χ4n) is 3.11. The number of hydrogen-bond donors (Lipinski definition) is 2. The maximum Gasteiger partial charge on any atom is 0.308 e. The Balaban J connectivity index is 1.88. The smallest absolute Gasteiger partial charge is 0.308 e. The van der Waals surface area contributed by atoms with Crippen LogP contribution in [-0.2, 0) is 4.79 Å². The van der Waals surface area contributed by atoms with Crippen LogP contribution in [-0.4, -0.2) is 39.5 Å². The van der Waals surface area contributed by atoms with Crippen LogP contribution in [0.3, 0.4) is 0 Å². The Morgan fingerprint density at radius 3 is 2.90 bits per heavy atom. The number of nitrogens with one attached hydrogen (secondary N) is 1. The molecule has 2 aromatic rings. The average molecular weight is 286 g/mol. The van der Waals surface area contributed by atoms with E-state index in [4.69, 9.17) is 0 Å². The average Bonchev–Trinajstić information content (AvgIpc) is 2.93. The van der Waals surface area contributed by atoms with E-state index in [0.717, 1.165) is 17.3 Å². The molecule has 0 unspecified atom stereocenters. The third-order valence-corrected chi connectivity index (χ3v) is 4.37. The van der Waals surface area contributed by atoms with Gasteiger partial charge in [0.15, 0.2) is 0 Å². The molecule has 0 saturated carbocycles. The van der Waals surface area contributed by atoms with Gasteiger partial charge in [-0.05, 0) is 44.0 Å². The van der Waals surface area contributed by atoms with Crippen molar-refractivity contribution >= 4 is 22.8 Å². The molecule has 0 spiro atoms. The predicted octanol–water partition coefficient (Wildman–Crippen LogP) is 2.49. The first-order valence-corrected chi connectivity index (χ1v) is 7.19. The maximum absolute atomic E-state index is 12.7. The van der Waals surface area contributed by atoms with Gasteiger partial charge in [0.2, 0.25) is 0 Å². The topological polar surface area (TPSA) is 73.4 Å². The third kappa shape index (κ3) is 2.39. The van der Waals surface area contributed by atoms with E-state index in [-0.39, 0.29) is 11.9 Å². The van der Waals surface area contributed by atoms with Gasteiger partial charge in [-0.15, -0.1) is 0 Å². The highest BCUT2D eigenvalue weighted by Gasteiger charge is 2.35. The SMILES string of the molecule is C[C@@H]1[C@H](C(=O)O)CCCN1C(=O)c1ccc2[nH]ccc2c1. The van der Waals surface area contributed by atoms with Gasteiger partial charge in [0.1, 0.15) is 0 Å². The highest BCUT2D eigenvalue weighted by molar-refractivity contribution is 5.98. The number of piperidine rings is 1. The van der Waals surface area contributed by atoms with Crippen LogP contribution >= 0.6 is 0 Å². The normalized spacial score (nSPS) is 22.4. The van der Waals surface area contributed by atoms with E-state index >= 15 is 0 Å². The summed E-state index contributed by atoms with van der Waals surface area (Å²) in [4.78, 5) is 28.7. The molecular formula is C16H18N2O3. The van der Waals surface area contributed by atoms with Crippen LogP contribution in [0.2, 0.25) is 0 Å². The number of amides is 1. The lowest BCUT2D eigenvalue weighted by Gasteiger charge is -2.37. The molecule has 1 amide bonds. The summed E-state index contributed by atoms with van der Waals surface area (Å²) in [5.41, 5.74) is 1.60. The van der Waals surface area contributed by atoms with E-state index in [1.54, 1.807) is 11.0 Å². The molecule has 110 valence electrons.